The fourth-order valence-electron chi connectivity index (χ4n) is 5.81. The van der Waals surface area contributed by atoms with E-state index in [1.165, 1.54) is 52.1 Å². The molecule has 1 saturated heterocycles. The first kappa shape index (κ1) is 22.1. The molecule has 2 aromatic rings. The van der Waals surface area contributed by atoms with Crippen LogP contribution in [0.25, 0.3) is 11.0 Å². The first-order valence-electron chi connectivity index (χ1n) is 12.1. The van der Waals surface area contributed by atoms with Gasteiger partial charge in [-0.3, -0.25) is 13.9 Å². The maximum absolute atomic E-state index is 13.3. The van der Waals surface area contributed by atoms with Crippen molar-refractivity contribution in [1.29, 1.82) is 0 Å². The number of nitrogens with zero attached hydrogens (tertiary/aromatic N) is 3. The number of hydrogen-bond acceptors (Lipinski definition) is 4. The van der Waals surface area contributed by atoms with Crippen LogP contribution in [-0.2, 0) is 16.1 Å². The first-order chi connectivity index (χ1) is 15.1. The zero-order valence-corrected chi connectivity index (χ0v) is 19.1. The lowest BCUT2D eigenvalue weighted by molar-refractivity contribution is -0.149. The number of benzene rings is 1. The second-order valence-corrected chi connectivity index (χ2v) is 9.34. The predicted octanol–water partition coefficient (Wildman–Crippen LogP) is 4.22. The van der Waals surface area contributed by atoms with E-state index in [1.54, 1.807) is 0 Å². The van der Waals surface area contributed by atoms with Crippen LogP contribution in [-0.4, -0.2) is 46.7 Å². The molecule has 1 aliphatic heterocycles. The normalized spacial score (nSPS) is 24.1. The Kier molecular flexibility index (Phi) is 7.16. The van der Waals surface area contributed by atoms with Crippen molar-refractivity contribution >= 4 is 17.0 Å². The van der Waals surface area contributed by atoms with E-state index in [1.807, 2.05) is 40.3 Å². The Morgan fingerprint density at radius 1 is 1.03 bits per heavy atom. The molecule has 0 bridgehead atoms. The molecule has 2 heterocycles. The lowest BCUT2D eigenvalue weighted by Gasteiger charge is -2.39. The highest BCUT2D eigenvalue weighted by Gasteiger charge is 2.38. The van der Waals surface area contributed by atoms with Gasteiger partial charge in [0, 0.05) is 26.2 Å². The topological polar surface area (TPSA) is 56.5 Å². The maximum atomic E-state index is 13.3. The number of esters is 1. The molecule has 2 atom stereocenters. The summed E-state index contributed by atoms with van der Waals surface area (Å²) in [5.74, 6) is 0.202. The summed E-state index contributed by atoms with van der Waals surface area (Å²) in [4.78, 5) is 28.6. The van der Waals surface area contributed by atoms with Crippen LogP contribution in [0.5, 0.6) is 0 Å². The number of ether oxygens (including phenoxy) is 1. The minimum absolute atomic E-state index is 0.0175. The van der Waals surface area contributed by atoms with Crippen molar-refractivity contribution in [3.63, 3.8) is 0 Å². The zero-order valence-electron chi connectivity index (χ0n) is 19.1. The number of imidazole rings is 1. The summed E-state index contributed by atoms with van der Waals surface area (Å²) in [5, 5.41) is 0. The van der Waals surface area contributed by atoms with Gasteiger partial charge in [-0.15, -0.1) is 0 Å². The number of piperidine rings is 1. The van der Waals surface area contributed by atoms with Crippen LogP contribution in [0.3, 0.4) is 0 Å². The van der Waals surface area contributed by atoms with Crippen molar-refractivity contribution < 1.29 is 9.53 Å². The van der Waals surface area contributed by atoms with Gasteiger partial charge in [0.2, 0.25) is 0 Å². The number of aromatic nitrogens is 2. The molecule has 6 heteroatoms. The van der Waals surface area contributed by atoms with Gasteiger partial charge in [0.1, 0.15) is 0 Å². The van der Waals surface area contributed by atoms with Crippen LogP contribution < -0.4 is 5.69 Å². The van der Waals surface area contributed by atoms with E-state index in [2.05, 4.69) is 4.90 Å². The predicted molar refractivity (Wildman–Crippen MR) is 123 cm³/mol. The Morgan fingerprint density at radius 3 is 2.39 bits per heavy atom. The van der Waals surface area contributed by atoms with E-state index in [4.69, 9.17) is 4.74 Å². The van der Waals surface area contributed by atoms with Gasteiger partial charge in [-0.1, -0.05) is 44.2 Å². The number of hydrogen-bond donors (Lipinski definition) is 0. The van der Waals surface area contributed by atoms with Gasteiger partial charge >= 0.3 is 11.7 Å². The van der Waals surface area contributed by atoms with Gasteiger partial charge in [-0.25, -0.2) is 4.79 Å². The number of para-hydroxylation sites is 2. The molecule has 1 aromatic carbocycles. The summed E-state index contributed by atoms with van der Waals surface area (Å²) < 4.78 is 8.89. The Bertz CT molecular complexity index is 939. The van der Waals surface area contributed by atoms with Crippen LogP contribution in [0.1, 0.15) is 64.3 Å². The van der Waals surface area contributed by atoms with Crippen molar-refractivity contribution in [2.45, 2.75) is 70.9 Å². The molecule has 1 saturated carbocycles. The molecule has 1 aromatic heterocycles. The summed E-state index contributed by atoms with van der Waals surface area (Å²) in [6, 6.07) is 7.76. The molecule has 170 valence electrons. The molecule has 31 heavy (non-hydrogen) atoms. The number of carbonyl (C=O) groups is 1. The molecule has 6 nitrogen and oxygen atoms in total. The maximum Gasteiger partial charge on any atom is 0.329 e. The first-order valence-corrected chi connectivity index (χ1v) is 12.1. The Balaban J connectivity index is 1.59. The third-order valence-electron chi connectivity index (χ3n) is 7.42. The van der Waals surface area contributed by atoms with E-state index in [0.717, 1.165) is 36.5 Å². The van der Waals surface area contributed by atoms with Crippen LogP contribution in [0.4, 0.5) is 0 Å². The van der Waals surface area contributed by atoms with Gasteiger partial charge in [0.05, 0.1) is 30.1 Å². The monoisotopic (exact) mass is 427 g/mol. The SMILES string of the molecule is CCn1c(=O)n([C@@H]2CCN(CC3CCCCCCC3)C[C@H]2C(=O)OC)c2ccccc21. The molecule has 0 N–H and O–H groups in total. The molecular formula is C25H37N3O3. The summed E-state index contributed by atoms with van der Waals surface area (Å²) >= 11 is 0. The molecule has 4 rings (SSSR count). The second-order valence-electron chi connectivity index (χ2n) is 9.34. The van der Waals surface area contributed by atoms with Gasteiger partial charge in [-0.05, 0) is 44.2 Å². The zero-order chi connectivity index (χ0) is 21.8. The molecule has 2 fully saturated rings. The molecular weight excluding hydrogens is 390 g/mol. The van der Waals surface area contributed by atoms with Crippen molar-refractivity contribution in [2.75, 3.05) is 26.7 Å². The molecule has 1 aliphatic carbocycles. The van der Waals surface area contributed by atoms with Crippen molar-refractivity contribution in [2.24, 2.45) is 11.8 Å². The van der Waals surface area contributed by atoms with Gasteiger partial charge in [-0.2, -0.15) is 0 Å². The van der Waals surface area contributed by atoms with E-state index in [-0.39, 0.29) is 23.6 Å². The summed E-state index contributed by atoms with van der Waals surface area (Å²) in [7, 11) is 1.46. The van der Waals surface area contributed by atoms with E-state index >= 15 is 0 Å². The van der Waals surface area contributed by atoms with Crippen LogP contribution >= 0.6 is 0 Å². The smallest absolute Gasteiger partial charge is 0.329 e. The minimum atomic E-state index is -0.318. The van der Waals surface area contributed by atoms with Crippen LogP contribution in [0.15, 0.2) is 29.1 Å². The molecule has 0 amide bonds. The summed E-state index contributed by atoms with van der Waals surface area (Å²) in [5.41, 5.74) is 1.84. The average molecular weight is 428 g/mol. The number of likely N-dealkylation sites (tertiary alicyclic amines) is 1. The minimum Gasteiger partial charge on any atom is -0.469 e. The molecule has 0 radical (unpaired) electrons. The number of methoxy groups -OCH3 is 1. The largest absolute Gasteiger partial charge is 0.469 e. The van der Waals surface area contributed by atoms with Crippen molar-refractivity contribution in [3.05, 3.63) is 34.7 Å². The van der Waals surface area contributed by atoms with E-state index in [9.17, 15) is 9.59 Å². The Hall–Kier alpha value is -2.08. The standard InChI is InChI=1S/C25H37N3O3/c1-3-27-22-13-9-10-14-23(22)28(25(27)30)21-15-16-26(18-20(21)24(29)31-2)17-19-11-7-5-4-6-8-12-19/h9-10,13-14,19-21H,3-8,11-12,15-18H2,1-2H3/t20-,21-/m1/s1. The Morgan fingerprint density at radius 2 is 1.71 bits per heavy atom. The Labute approximate surface area is 185 Å². The number of carbonyl (C=O) groups excluding carboxylic acids is 1. The number of aryl methyl sites for hydroxylation is 1. The van der Waals surface area contributed by atoms with Crippen molar-refractivity contribution in [1.82, 2.24) is 14.0 Å². The third kappa shape index (κ3) is 4.59. The summed E-state index contributed by atoms with van der Waals surface area (Å²) in [6.07, 6.45) is 10.1. The molecule has 0 spiro atoms. The van der Waals surface area contributed by atoms with Gasteiger partial charge in [0.15, 0.2) is 0 Å². The highest BCUT2D eigenvalue weighted by atomic mass is 16.5. The van der Waals surface area contributed by atoms with Gasteiger partial charge in [0.25, 0.3) is 0 Å². The van der Waals surface area contributed by atoms with E-state index in [0.29, 0.717) is 13.1 Å². The average Bonchev–Trinajstić information content (AvgIpc) is 3.06. The molecule has 0 unspecified atom stereocenters. The highest BCUT2D eigenvalue weighted by Crippen LogP contribution is 2.33. The van der Waals surface area contributed by atoms with Crippen molar-refractivity contribution in [3.8, 4) is 0 Å². The quantitative estimate of drug-likeness (QED) is 0.671. The van der Waals surface area contributed by atoms with Gasteiger partial charge < -0.3 is 9.64 Å². The fourth-order valence-corrected chi connectivity index (χ4v) is 5.81. The number of rotatable bonds is 5. The van der Waals surface area contributed by atoms with Crippen LogP contribution in [0, 0.1) is 11.8 Å². The fraction of sp³-hybridized carbons (Fsp3) is 0.680. The lowest BCUT2D eigenvalue weighted by Crippen LogP contribution is -2.48. The lowest BCUT2D eigenvalue weighted by atomic mass is 9.88. The molecule has 2 aliphatic rings. The third-order valence-corrected chi connectivity index (χ3v) is 7.42. The van der Waals surface area contributed by atoms with Crippen LogP contribution in [0.2, 0.25) is 0 Å². The highest BCUT2D eigenvalue weighted by molar-refractivity contribution is 5.77. The second kappa shape index (κ2) is 10.0. The number of fused-ring (bicyclic) bond motifs is 1. The van der Waals surface area contributed by atoms with E-state index < -0.39 is 0 Å². The summed E-state index contributed by atoms with van der Waals surface area (Å²) in [6.45, 7) is 5.27.